The molecule has 0 aromatic heterocycles. The molecule has 1 saturated carbocycles. The van der Waals surface area contributed by atoms with E-state index in [0.717, 1.165) is 44.0 Å². The molecular formula is C21H30N2O3. The van der Waals surface area contributed by atoms with E-state index >= 15 is 0 Å². The molecule has 0 spiro atoms. The molecule has 2 aliphatic rings. The molecule has 1 aromatic carbocycles. The first-order valence-electron chi connectivity index (χ1n) is 9.54. The fourth-order valence-electron chi connectivity index (χ4n) is 3.60. The second kappa shape index (κ2) is 8.58. The Kier molecular flexibility index (Phi) is 6.20. The Morgan fingerprint density at radius 1 is 1.23 bits per heavy atom. The zero-order chi connectivity index (χ0) is 18.5. The third-order valence-electron chi connectivity index (χ3n) is 5.34. The third-order valence-corrected chi connectivity index (χ3v) is 5.34. The fourth-order valence-corrected chi connectivity index (χ4v) is 3.60. The number of hydrogen-bond donors (Lipinski definition) is 1. The van der Waals surface area contributed by atoms with Crippen LogP contribution in [0.1, 0.15) is 41.6 Å². The van der Waals surface area contributed by atoms with Crippen LogP contribution in [0.3, 0.4) is 0 Å². The summed E-state index contributed by atoms with van der Waals surface area (Å²) in [6.07, 6.45) is 7.22. The SMILES string of the molecule is C=CCc1cc(C(=O)N2CCC(NCC3CC3)CC2)cc(OC)c1OC. The van der Waals surface area contributed by atoms with Crippen LogP contribution in [-0.4, -0.2) is 50.7 Å². The molecule has 0 unspecified atom stereocenters. The Labute approximate surface area is 156 Å². The summed E-state index contributed by atoms with van der Waals surface area (Å²) in [5.41, 5.74) is 1.58. The van der Waals surface area contributed by atoms with Crippen molar-refractivity contribution in [3.05, 3.63) is 35.9 Å². The molecule has 1 aromatic rings. The quantitative estimate of drug-likeness (QED) is 0.726. The normalized spacial score (nSPS) is 17.8. The molecule has 26 heavy (non-hydrogen) atoms. The van der Waals surface area contributed by atoms with Gasteiger partial charge in [0.25, 0.3) is 5.91 Å². The Balaban J connectivity index is 1.67. The number of nitrogens with one attached hydrogen (secondary N) is 1. The second-order valence-electron chi connectivity index (χ2n) is 7.28. The van der Waals surface area contributed by atoms with E-state index in [1.54, 1.807) is 20.3 Å². The van der Waals surface area contributed by atoms with Crippen LogP contribution in [0.4, 0.5) is 0 Å². The summed E-state index contributed by atoms with van der Waals surface area (Å²) in [5, 5.41) is 3.66. The van der Waals surface area contributed by atoms with Gasteiger partial charge >= 0.3 is 0 Å². The fraction of sp³-hybridized carbons (Fsp3) is 0.571. The lowest BCUT2D eigenvalue weighted by Crippen LogP contribution is -2.45. The minimum Gasteiger partial charge on any atom is -0.493 e. The highest BCUT2D eigenvalue weighted by Crippen LogP contribution is 2.34. The maximum Gasteiger partial charge on any atom is 0.254 e. The lowest BCUT2D eigenvalue weighted by molar-refractivity contribution is 0.0704. The summed E-state index contributed by atoms with van der Waals surface area (Å²) < 4.78 is 10.9. The summed E-state index contributed by atoms with van der Waals surface area (Å²) in [6.45, 7) is 6.53. The predicted octanol–water partition coefficient (Wildman–Crippen LogP) is 3.04. The lowest BCUT2D eigenvalue weighted by Gasteiger charge is -2.33. The molecule has 142 valence electrons. The standard InChI is InChI=1S/C21H30N2O3/c1-4-5-16-12-17(13-19(25-2)20(16)26-3)21(24)23-10-8-18(9-11-23)22-14-15-6-7-15/h4,12-13,15,18,22H,1,5-11,14H2,2-3H3. The molecular weight excluding hydrogens is 328 g/mol. The summed E-state index contributed by atoms with van der Waals surface area (Å²) in [4.78, 5) is 14.9. The number of allylic oxidation sites excluding steroid dienone is 1. The lowest BCUT2D eigenvalue weighted by atomic mass is 10.0. The summed E-state index contributed by atoms with van der Waals surface area (Å²) in [6, 6.07) is 4.23. The van der Waals surface area contributed by atoms with Crippen LogP contribution in [0.15, 0.2) is 24.8 Å². The van der Waals surface area contributed by atoms with Crippen molar-refractivity contribution in [2.24, 2.45) is 5.92 Å². The van der Waals surface area contributed by atoms with E-state index in [2.05, 4.69) is 11.9 Å². The number of amides is 1. The van der Waals surface area contributed by atoms with Gasteiger partial charge in [0, 0.05) is 30.3 Å². The Bertz CT molecular complexity index is 647. The van der Waals surface area contributed by atoms with Crippen molar-refractivity contribution >= 4 is 5.91 Å². The monoisotopic (exact) mass is 358 g/mol. The van der Waals surface area contributed by atoms with E-state index in [1.165, 1.54) is 12.8 Å². The molecule has 1 amide bonds. The van der Waals surface area contributed by atoms with Gasteiger partial charge in [-0.1, -0.05) is 6.08 Å². The van der Waals surface area contributed by atoms with Crippen LogP contribution in [0.25, 0.3) is 0 Å². The summed E-state index contributed by atoms with van der Waals surface area (Å²) >= 11 is 0. The van der Waals surface area contributed by atoms with Crippen molar-refractivity contribution in [1.29, 1.82) is 0 Å². The van der Waals surface area contributed by atoms with Crippen molar-refractivity contribution < 1.29 is 14.3 Å². The van der Waals surface area contributed by atoms with E-state index in [0.29, 0.717) is 29.5 Å². The smallest absolute Gasteiger partial charge is 0.254 e. The van der Waals surface area contributed by atoms with Crippen LogP contribution < -0.4 is 14.8 Å². The zero-order valence-electron chi connectivity index (χ0n) is 15.9. The molecule has 1 heterocycles. The van der Waals surface area contributed by atoms with Crippen molar-refractivity contribution in [2.45, 2.75) is 38.1 Å². The molecule has 1 saturated heterocycles. The number of likely N-dealkylation sites (tertiary alicyclic amines) is 1. The molecule has 0 radical (unpaired) electrons. The number of rotatable bonds is 8. The van der Waals surface area contributed by atoms with Gasteiger partial charge in [0.15, 0.2) is 11.5 Å². The van der Waals surface area contributed by atoms with Gasteiger partial charge in [-0.2, -0.15) is 0 Å². The van der Waals surface area contributed by atoms with Gasteiger partial charge in [0.05, 0.1) is 14.2 Å². The third kappa shape index (κ3) is 4.39. The first-order valence-corrected chi connectivity index (χ1v) is 9.54. The second-order valence-corrected chi connectivity index (χ2v) is 7.28. The van der Waals surface area contributed by atoms with Gasteiger partial charge < -0.3 is 19.7 Å². The average Bonchev–Trinajstić information content (AvgIpc) is 3.50. The maximum absolute atomic E-state index is 13.0. The molecule has 1 aliphatic carbocycles. The highest BCUT2D eigenvalue weighted by atomic mass is 16.5. The minimum absolute atomic E-state index is 0.0666. The average molecular weight is 358 g/mol. The molecule has 2 fully saturated rings. The zero-order valence-corrected chi connectivity index (χ0v) is 15.9. The first kappa shape index (κ1) is 18.8. The van der Waals surface area contributed by atoms with Crippen molar-refractivity contribution in [1.82, 2.24) is 10.2 Å². The van der Waals surface area contributed by atoms with Crippen LogP contribution in [0.5, 0.6) is 11.5 Å². The number of carbonyl (C=O) groups excluding carboxylic acids is 1. The van der Waals surface area contributed by atoms with E-state index in [4.69, 9.17) is 9.47 Å². The van der Waals surface area contributed by atoms with Crippen LogP contribution >= 0.6 is 0 Å². The van der Waals surface area contributed by atoms with Gasteiger partial charge in [-0.15, -0.1) is 6.58 Å². The minimum atomic E-state index is 0.0666. The number of hydrogen-bond acceptors (Lipinski definition) is 4. The Morgan fingerprint density at radius 2 is 1.96 bits per heavy atom. The summed E-state index contributed by atoms with van der Waals surface area (Å²) in [5.74, 6) is 2.23. The highest BCUT2D eigenvalue weighted by molar-refractivity contribution is 5.95. The van der Waals surface area contributed by atoms with E-state index < -0.39 is 0 Å². The van der Waals surface area contributed by atoms with Gasteiger partial charge in [0.1, 0.15) is 0 Å². The van der Waals surface area contributed by atoms with Gasteiger partial charge in [-0.05, 0) is 56.7 Å². The topological polar surface area (TPSA) is 50.8 Å². The van der Waals surface area contributed by atoms with E-state index in [9.17, 15) is 4.79 Å². The molecule has 5 nitrogen and oxygen atoms in total. The number of ether oxygens (including phenoxy) is 2. The predicted molar refractivity (Wildman–Crippen MR) is 103 cm³/mol. The first-order chi connectivity index (χ1) is 12.7. The number of carbonyl (C=O) groups is 1. The molecule has 0 bridgehead atoms. The molecule has 1 N–H and O–H groups in total. The van der Waals surface area contributed by atoms with E-state index in [1.807, 2.05) is 17.0 Å². The van der Waals surface area contributed by atoms with Crippen molar-refractivity contribution in [2.75, 3.05) is 33.9 Å². The number of benzene rings is 1. The molecule has 1 aliphatic heterocycles. The van der Waals surface area contributed by atoms with Gasteiger partial charge in [0.2, 0.25) is 0 Å². The number of nitrogens with zero attached hydrogens (tertiary/aromatic N) is 1. The van der Waals surface area contributed by atoms with Gasteiger partial charge in [-0.3, -0.25) is 4.79 Å². The van der Waals surface area contributed by atoms with Crippen molar-refractivity contribution in [3.8, 4) is 11.5 Å². The molecule has 0 atom stereocenters. The number of piperidine rings is 1. The van der Waals surface area contributed by atoms with Crippen molar-refractivity contribution in [3.63, 3.8) is 0 Å². The highest BCUT2D eigenvalue weighted by Gasteiger charge is 2.27. The Hall–Kier alpha value is -2.01. The van der Waals surface area contributed by atoms with Crippen LogP contribution in [-0.2, 0) is 6.42 Å². The van der Waals surface area contributed by atoms with E-state index in [-0.39, 0.29) is 5.91 Å². The van der Waals surface area contributed by atoms with Crippen LogP contribution in [0.2, 0.25) is 0 Å². The molecule has 3 rings (SSSR count). The largest absolute Gasteiger partial charge is 0.493 e. The van der Waals surface area contributed by atoms with Crippen LogP contribution in [0, 0.1) is 5.92 Å². The number of methoxy groups -OCH3 is 2. The molecule has 5 heteroatoms. The Morgan fingerprint density at radius 3 is 2.54 bits per heavy atom. The summed E-state index contributed by atoms with van der Waals surface area (Å²) in [7, 11) is 3.21. The van der Waals surface area contributed by atoms with Gasteiger partial charge in [-0.25, -0.2) is 0 Å². The maximum atomic E-state index is 13.0.